The van der Waals surface area contributed by atoms with Gasteiger partial charge in [-0.15, -0.1) is 0 Å². The Labute approximate surface area is 111 Å². The van der Waals surface area contributed by atoms with Crippen LogP contribution in [-0.4, -0.2) is 23.0 Å². The van der Waals surface area contributed by atoms with Crippen molar-refractivity contribution in [3.05, 3.63) is 39.9 Å². The predicted molar refractivity (Wildman–Crippen MR) is 74.6 cm³/mol. The van der Waals surface area contributed by atoms with Crippen LogP contribution in [0.5, 0.6) is 0 Å². The highest BCUT2D eigenvalue weighted by Crippen LogP contribution is 2.27. The zero-order chi connectivity index (χ0) is 13.4. The van der Waals surface area contributed by atoms with E-state index < -0.39 is 0 Å². The number of benzene rings is 1. The average Bonchev–Trinajstić information content (AvgIpc) is 2.92. The first-order valence-corrected chi connectivity index (χ1v) is 6.46. The lowest BCUT2D eigenvalue weighted by atomic mass is 10.1. The maximum Gasteiger partial charge on any atom is 0.270 e. The first kappa shape index (κ1) is 11.9. The number of hydrogen-bond acceptors (Lipinski definition) is 4. The molecule has 0 aliphatic carbocycles. The second kappa shape index (κ2) is 4.50. The standard InChI is InChI=1S/C14H15N3O2/c1-10-8-14(16-6-2-3-7-16)15-13-5-4-11(17(18)19)9-12(10)13/h4-5,8-9H,2-3,6-7H2,1H3. The van der Waals surface area contributed by atoms with Crippen LogP contribution >= 0.6 is 0 Å². The third-order valence-corrected chi connectivity index (χ3v) is 3.63. The molecule has 19 heavy (non-hydrogen) atoms. The minimum absolute atomic E-state index is 0.117. The second-order valence-corrected chi connectivity index (χ2v) is 4.95. The summed E-state index contributed by atoms with van der Waals surface area (Å²) in [5.41, 5.74) is 1.98. The topological polar surface area (TPSA) is 59.3 Å². The molecule has 1 aromatic heterocycles. The molecule has 2 heterocycles. The third-order valence-electron chi connectivity index (χ3n) is 3.63. The minimum Gasteiger partial charge on any atom is -0.357 e. The van der Waals surface area contributed by atoms with Crippen molar-refractivity contribution in [1.29, 1.82) is 0 Å². The normalized spacial score (nSPS) is 15.1. The van der Waals surface area contributed by atoms with Gasteiger partial charge in [0.25, 0.3) is 5.69 Å². The molecule has 1 aromatic carbocycles. The molecule has 3 rings (SSSR count). The molecule has 98 valence electrons. The molecule has 0 bridgehead atoms. The van der Waals surface area contributed by atoms with E-state index in [-0.39, 0.29) is 10.6 Å². The molecule has 2 aromatic rings. The number of anilines is 1. The smallest absolute Gasteiger partial charge is 0.270 e. The maximum absolute atomic E-state index is 10.8. The summed E-state index contributed by atoms with van der Waals surface area (Å²) in [7, 11) is 0. The summed E-state index contributed by atoms with van der Waals surface area (Å²) in [6, 6.07) is 6.88. The number of hydrogen-bond donors (Lipinski definition) is 0. The summed E-state index contributed by atoms with van der Waals surface area (Å²) in [6.45, 7) is 4.07. The monoisotopic (exact) mass is 257 g/mol. The molecular formula is C14H15N3O2. The fourth-order valence-electron chi connectivity index (χ4n) is 2.59. The van der Waals surface area contributed by atoms with Crippen molar-refractivity contribution < 1.29 is 4.92 Å². The Bertz CT molecular complexity index is 648. The van der Waals surface area contributed by atoms with Gasteiger partial charge >= 0.3 is 0 Å². The molecule has 0 spiro atoms. The van der Waals surface area contributed by atoms with Gasteiger partial charge in [0.2, 0.25) is 0 Å². The average molecular weight is 257 g/mol. The minimum atomic E-state index is -0.368. The van der Waals surface area contributed by atoms with Crippen LogP contribution in [0.1, 0.15) is 18.4 Å². The molecule has 0 radical (unpaired) electrons. The van der Waals surface area contributed by atoms with E-state index in [1.807, 2.05) is 13.0 Å². The van der Waals surface area contributed by atoms with E-state index in [0.717, 1.165) is 35.4 Å². The molecule has 1 aliphatic rings. The Balaban J connectivity index is 2.11. The molecule has 0 saturated carbocycles. The van der Waals surface area contributed by atoms with E-state index in [1.54, 1.807) is 12.1 Å². The van der Waals surface area contributed by atoms with Gasteiger partial charge in [0.15, 0.2) is 0 Å². The second-order valence-electron chi connectivity index (χ2n) is 4.95. The number of aryl methyl sites for hydroxylation is 1. The summed E-state index contributed by atoms with van der Waals surface area (Å²) in [6.07, 6.45) is 2.41. The van der Waals surface area contributed by atoms with E-state index in [2.05, 4.69) is 9.88 Å². The quantitative estimate of drug-likeness (QED) is 0.613. The molecule has 0 amide bonds. The highest BCUT2D eigenvalue weighted by atomic mass is 16.6. The van der Waals surface area contributed by atoms with Crippen LogP contribution in [0.2, 0.25) is 0 Å². The Kier molecular flexibility index (Phi) is 2.81. The molecule has 0 atom stereocenters. The lowest BCUT2D eigenvalue weighted by Gasteiger charge is -2.17. The first-order valence-electron chi connectivity index (χ1n) is 6.46. The van der Waals surface area contributed by atoms with Crippen molar-refractivity contribution >= 4 is 22.4 Å². The van der Waals surface area contributed by atoms with Crippen molar-refractivity contribution in [3.63, 3.8) is 0 Å². The highest BCUT2D eigenvalue weighted by molar-refractivity contribution is 5.86. The molecule has 1 fully saturated rings. The van der Waals surface area contributed by atoms with E-state index in [9.17, 15) is 10.1 Å². The van der Waals surface area contributed by atoms with Crippen molar-refractivity contribution in [3.8, 4) is 0 Å². The number of aromatic nitrogens is 1. The van der Waals surface area contributed by atoms with Crippen LogP contribution in [0, 0.1) is 17.0 Å². The zero-order valence-corrected chi connectivity index (χ0v) is 10.8. The number of nitro groups is 1. The van der Waals surface area contributed by atoms with Gasteiger partial charge in [-0.2, -0.15) is 0 Å². The number of rotatable bonds is 2. The number of fused-ring (bicyclic) bond motifs is 1. The van der Waals surface area contributed by atoms with E-state index in [0.29, 0.717) is 0 Å². The van der Waals surface area contributed by atoms with Crippen molar-refractivity contribution in [2.24, 2.45) is 0 Å². The van der Waals surface area contributed by atoms with Crippen molar-refractivity contribution in [2.45, 2.75) is 19.8 Å². The van der Waals surface area contributed by atoms with Gasteiger partial charge in [0.05, 0.1) is 10.4 Å². The summed E-state index contributed by atoms with van der Waals surface area (Å²) in [4.78, 5) is 17.3. The fourth-order valence-corrected chi connectivity index (χ4v) is 2.59. The number of nitro benzene ring substituents is 1. The Morgan fingerprint density at radius 2 is 2.00 bits per heavy atom. The molecule has 1 aliphatic heterocycles. The van der Waals surface area contributed by atoms with Crippen LogP contribution in [0.3, 0.4) is 0 Å². The molecule has 1 saturated heterocycles. The van der Waals surface area contributed by atoms with Crippen LogP contribution in [0.4, 0.5) is 11.5 Å². The first-order chi connectivity index (χ1) is 9.15. The van der Waals surface area contributed by atoms with Gasteiger partial charge in [0.1, 0.15) is 5.82 Å². The van der Waals surface area contributed by atoms with Gasteiger partial charge in [-0.3, -0.25) is 10.1 Å². The molecule has 0 unspecified atom stereocenters. The molecule has 5 heteroatoms. The van der Waals surface area contributed by atoms with Gasteiger partial charge in [0, 0.05) is 30.6 Å². The SMILES string of the molecule is Cc1cc(N2CCCC2)nc2ccc([N+](=O)[O-])cc12. The van der Waals surface area contributed by atoms with Gasteiger partial charge in [-0.1, -0.05) is 0 Å². The lowest BCUT2D eigenvalue weighted by molar-refractivity contribution is -0.384. The van der Waals surface area contributed by atoms with E-state index in [4.69, 9.17) is 0 Å². The van der Waals surface area contributed by atoms with Crippen molar-refractivity contribution in [1.82, 2.24) is 4.98 Å². The van der Waals surface area contributed by atoms with E-state index in [1.165, 1.54) is 18.9 Å². The number of non-ortho nitro benzene ring substituents is 1. The Morgan fingerprint density at radius 1 is 1.26 bits per heavy atom. The van der Waals surface area contributed by atoms with Crippen molar-refractivity contribution in [2.75, 3.05) is 18.0 Å². The Hall–Kier alpha value is -2.17. The fraction of sp³-hybridized carbons (Fsp3) is 0.357. The van der Waals surface area contributed by atoms with Gasteiger partial charge in [-0.25, -0.2) is 4.98 Å². The van der Waals surface area contributed by atoms with Crippen LogP contribution in [0.25, 0.3) is 10.9 Å². The third kappa shape index (κ3) is 2.12. The lowest BCUT2D eigenvalue weighted by Crippen LogP contribution is -2.19. The van der Waals surface area contributed by atoms with Gasteiger partial charge < -0.3 is 4.90 Å². The summed E-state index contributed by atoms with van der Waals surface area (Å²) >= 11 is 0. The number of pyridine rings is 1. The maximum atomic E-state index is 10.8. The summed E-state index contributed by atoms with van der Waals surface area (Å²) in [5, 5.41) is 11.7. The summed E-state index contributed by atoms with van der Waals surface area (Å²) < 4.78 is 0. The van der Waals surface area contributed by atoms with Crippen LogP contribution < -0.4 is 4.90 Å². The number of nitrogens with zero attached hydrogens (tertiary/aromatic N) is 3. The summed E-state index contributed by atoms with van der Waals surface area (Å²) in [5.74, 6) is 0.983. The predicted octanol–water partition coefficient (Wildman–Crippen LogP) is 3.05. The molecule has 0 N–H and O–H groups in total. The zero-order valence-electron chi connectivity index (χ0n) is 10.8. The van der Waals surface area contributed by atoms with Crippen LogP contribution in [-0.2, 0) is 0 Å². The van der Waals surface area contributed by atoms with Gasteiger partial charge in [-0.05, 0) is 37.5 Å². The molecular weight excluding hydrogens is 242 g/mol. The largest absolute Gasteiger partial charge is 0.357 e. The van der Waals surface area contributed by atoms with E-state index >= 15 is 0 Å². The molecule has 5 nitrogen and oxygen atoms in total. The highest BCUT2D eigenvalue weighted by Gasteiger charge is 2.16. The Morgan fingerprint density at radius 3 is 2.68 bits per heavy atom. The van der Waals surface area contributed by atoms with Crippen LogP contribution in [0.15, 0.2) is 24.3 Å².